The number of aliphatic hydroxyl groups is 1. The summed E-state index contributed by atoms with van der Waals surface area (Å²) in [5, 5.41) is 12.1. The largest absolute Gasteiger partial charge is 0.455 e. The second-order valence-corrected chi connectivity index (χ2v) is 14.4. The van der Waals surface area contributed by atoms with E-state index in [0.29, 0.717) is 44.3 Å². The number of ether oxygens (including phenoxy) is 2. The summed E-state index contributed by atoms with van der Waals surface area (Å²) >= 11 is 3.75. The number of halogens is 1. The SMILES string of the molecule is C=CCCC(=O)NC[C@@H](OC(=O)[C@@H]1[C@H]2O[C@@]3(CC2Br)[C@H](C(=O)N(CC=C)C(C)CCC)N(CCCCCCO)C(=O)[C@@H]13)c1ccccc1. The molecule has 4 rings (SSSR count). The zero-order valence-corrected chi connectivity index (χ0v) is 29.9. The van der Waals surface area contributed by atoms with Gasteiger partial charge in [0.1, 0.15) is 17.7 Å². The summed E-state index contributed by atoms with van der Waals surface area (Å²) in [5.74, 6) is -3.06. The van der Waals surface area contributed by atoms with E-state index in [1.165, 1.54) is 0 Å². The van der Waals surface area contributed by atoms with Crippen LogP contribution in [0, 0.1) is 11.8 Å². The van der Waals surface area contributed by atoms with Crippen molar-refractivity contribution in [2.45, 2.75) is 106 Å². The monoisotopic (exact) mass is 729 g/mol. The van der Waals surface area contributed by atoms with Crippen LogP contribution in [0.2, 0.25) is 0 Å². The van der Waals surface area contributed by atoms with Crippen LogP contribution in [-0.2, 0) is 28.7 Å². The highest BCUT2D eigenvalue weighted by Gasteiger charge is 2.77. The molecule has 1 aromatic rings. The minimum absolute atomic E-state index is 0.0678. The number of fused-ring (bicyclic) bond motifs is 1. The molecule has 48 heavy (non-hydrogen) atoms. The highest BCUT2D eigenvalue weighted by Crippen LogP contribution is 2.60. The molecule has 3 aliphatic heterocycles. The van der Waals surface area contributed by atoms with Crippen molar-refractivity contribution >= 4 is 39.6 Å². The maximum absolute atomic E-state index is 14.6. The normalized spacial score (nSPS) is 26.9. The first kappa shape index (κ1) is 37.8. The standard InChI is InChI=1S/C37H52BrN3O7/c1-5-8-19-29(43)39-24-28(26-17-12-11-13-18-26)47-36(46)30-31-34(44)41(21-14-9-10-15-22-42)33(37(31)23-27(38)32(30)48-37)35(45)40(20-7-3)25(4)16-6-2/h5,7,11-13,17-18,25,27-28,30-33,42H,1,3,6,8-10,14-16,19-24H2,2,4H3,(H,39,43)/t25?,27?,28-,30+,31-,32+,33+,37-/m1/s1. The van der Waals surface area contributed by atoms with Crippen LogP contribution < -0.4 is 5.32 Å². The molecule has 1 spiro atoms. The number of hydrogen-bond acceptors (Lipinski definition) is 7. The molecule has 1 aromatic carbocycles. The lowest BCUT2D eigenvalue weighted by atomic mass is 9.70. The van der Waals surface area contributed by atoms with E-state index in [9.17, 15) is 24.3 Å². The fourth-order valence-corrected chi connectivity index (χ4v) is 8.61. The number of carbonyl (C=O) groups excluding carboxylic acids is 4. The summed E-state index contributed by atoms with van der Waals surface area (Å²) in [4.78, 5) is 59.0. The summed E-state index contributed by atoms with van der Waals surface area (Å²) in [7, 11) is 0. The molecule has 11 heteroatoms. The molecule has 0 saturated carbocycles. The number of likely N-dealkylation sites (tertiary alicyclic amines) is 1. The molecular weight excluding hydrogens is 678 g/mol. The van der Waals surface area contributed by atoms with E-state index in [1.807, 2.05) is 37.3 Å². The van der Waals surface area contributed by atoms with Gasteiger partial charge in [-0.3, -0.25) is 19.2 Å². The lowest BCUT2D eigenvalue weighted by molar-refractivity contribution is -0.160. The number of carbonyl (C=O) groups is 4. The Hall–Kier alpha value is -3.02. The summed E-state index contributed by atoms with van der Waals surface area (Å²) < 4.78 is 12.9. The van der Waals surface area contributed by atoms with Crippen LogP contribution in [0.5, 0.6) is 0 Å². The average Bonchev–Trinajstić information content (AvgIpc) is 3.67. The van der Waals surface area contributed by atoms with Crippen LogP contribution in [0.3, 0.4) is 0 Å². The number of amides is 3. The molecule has 0 aliphatic carbocycles. The maximum Gasteiger partial charge on any atom is 0.313 e. The molecule has 3 heterocycles. The lowest BCUT2D eigenvalue weighted by Gasteiger charge is -2.39. The summed E-state index contributed by atoms with van der Waals surface area (Å²) in [6, 6.07) is 8.22. The van der Waals surface area contributed by atoms with Crippen molar-refractivity contribution in [2.75, 3.05) is 26.2 Å². The van der Waals surface area contributed by atoms with E-state index in [-0.39, 0.29) is 48.2 Å². The molecule has 0 aromatic heterocycles. The molecule has 3 aliphatic rings. The third-order valence-electron chi connectivity index (χ3n) is 9.94. The van der Waals surface area contributed by atoms with Crippen molar-refractivity contribution in [1.82, 2.24) is 15.1 Å². The zero-order valence-electron chi connectivity index (χ0n) is 28.4. The first-order chi connectivity index (χ1) is 23.1. The third kappa shape index (κ3) is 8.05. The van der Waals surface area contributed by atoms with Crippen molar-refractivity contribution in [3.05, 3.63) is 61.2 Å². The van der Waals surface area contributed by atoms with E-state index in [1.54, 1.807) is 22.0 Å². The molecule has 2 unspecified atom stereocenters. The Labute approximate surface area is 293 Å². The van der Waals surface area contributed by atoms with Gasteiger partial charge in [-0.1, -0.05) is 84.6 Å². The molecule has 3 amide bonds. The number of esters is 1. The quantitative estimate of drug-likeness (QED) is 0.0851. The number of hydrogen-bond donors (Lipinski definition) is 2. The number of nitrogens with zero attached hydrogens (tertiary/aromatic N) is 2. The van der Waals surface area contributed by atoms with Gasteiger partial charge in [0, 0.05) is 37.0 Å². The van der Waals surface area contributed by atoms with Gasteiger partial charge in [0.15, 0.2) is 0 Å². The van der Waals surface area contributed by atoms with E-state index in [0.717, 1.165) is 25.7 Å². The zero-order chi connectivity index (χ0) is 34.8. The number of rotatable bonds is 20. The Morgan fingerprint density at radius 3 is 2.58 bits per heavy atom. The van der Waals surface area contributed by atoms with Gasteiger partial charge in [-0.25, -0.2) is 0 Å². The van der Waals surface area contributed by atoms with Gasteiger partial charge in [0.2, 0.25) is 17.7 Å². The minimum atomic E-state index is -1.20. The average molecular weight is 731 g/mol. The maximum atomic E-state index is 14.6. The van der Waals surface area contributed by atoms with Crippen molar-refractivity contribution in [3.8, 4) is 0 Å². The Balaban J connectivity index is 1.66. The van der Waals surface area contributed by atoms with Gasteiger partial charge in [0.05, 0.1) is 24.5 Å². The molecule has 8 atom stereocenters. The molecular formula is C37H52BrN3O7. The number of alkyl halides is 1. The van der Waals surface area contributed by atoms with Crippen molar-refractivity contribution in [2.24, 2.45) is 11.8 Å². The van der Waals surface area contributed by atoms with Gasteiger partial charge in [-0.15, -0.1) is 13.2 Å². The van der Waals surface area contributed by atoms with Crippen molar-refractivity contribution in [3.63, 3.8) is 0 Å². The Morgan fingerprint density at radius 2 is 1.92 bits per heavy atom. The first-order valence-corrected chi connectivity index (χ1v) is 18.3. The molecule has 2 N–H and O–H groups in total. The van der Waals surface area contributed by atoms with Crippen LogP contribution in [-0.4, -0.2) is 93.5 Å². The Morgan fingerprint density at radius 1 is 1.19 bits per heavy atom. The van der Waals surface area contributed by atoms with E-state index in [4.69, 9.17) is 9.47 Å². The first-order valence-electron chi connectivity index (χ1n) is 17.4. The van der Waals surface area contributed by atoms with Gasteiger partial charge in [-0.05, 0) is 44.6 Å². The van der Waals surface area contributed by atoms with E-state index < -0.39 is 41.7 Å². The van der Waals surface area contributed by atoms with Crippen LogP contribution >= 0.6 is 15.9 Å². The Bertz CT molecular complexity index is 1290. The second kappa shape index (κ2) is 17.6. The second-order valence-electron chi connectivity index (χ2n) is 13.2. The molecule has 2 bridgehead atoms. The fourth-order valence-electron chi connectivity index (χ4n) is 7.67. The smallest absolute Gasteiger partial charge is 0.313 e. The predicted octanol–water partition coefficient (Wildman–Crippen LogP) is 4.86. The molecule has 0 radical (unpaired) electrons. The van der Waals surface area contributed by atoms with E-state index in [2.05, 4.69) is 41.3 Å². The highest BCUT2D eigenvalue weighted by atomic mass is 79.9. The molecule has 3 saturated heterocycles. The fraction of sp³-hybridized carbons (Fsp3) is 0.622. The van der Waals surface area contributed by atoms with Gasteiger partial charge in [-0.2, -0.15) is 0 Å². The molecule has 3 fully saturated rings. The van der Waals surface area contributed by atoms with Gasteiger partial charge in [0.25, 0.3) is 0 Å². The number of unbranched alkanes of at least 4 members (excludes halogenated alkanes) is 3. The summed E-state index contributed by atoms with van der Waals surface area (Å²) in [5.41, 5.74) is -0.488. The summed E-state index contributed by atoms with van der Waals surface area (Å²) in [6.07, 6.45) is 7.74. The van der Waals surface area contributed by atoms with E-state index >= 15 is 0 Å². The summed E-state index contributed by atoms with van der Waals surface area (Å²) in [6.45, 7) is 12.5. The lowest BCUT2D eigenvalue weighted by Crippen LogP contribution is -2.58. The highest BCUT2D eigenvalue weighted by molar-refractivity contribution is 9.09. The van der Waals surface area contributed by atoms with Crippen LogP contribution in [0.15, 0.2) is 55.6 Å². The van der Waals surface area contributed by atoms with Gasteiger partial charge >= 0.3 is 5.97 Å². The number of benzene rings is 1. The third-order valence-corrected chi connectivity index (χ3v) is 10.8. The molecule has 264 valence electrons. The van der Waals surface area contributed by atoms with Crippen LogP contribution in [0.1, 0.15) is 83.3 Å². The van der Waals surface area contributed by atoms with Gasteiger partial charge < -0.3 is 29.7 Å². The van der Waals surface area contributed by atoms with Crippen molar-refractivity contribution < 1.29 is 33.8 Å². The topological polar surface area (TPSA) is 125 Å². The molecule has 10 nitrogen and oxygen atoms in total. The van der Waals surface area contributed by atoms with Crippen LogP contribution in [0.25, 0.3) is 0 Å². The number of allylic oxidation sites excluding steroid dienone is 1. The Kier molecular flexibility index (Phi) is 13.8. The number of aliphatic hydroxyl groups excluding tert-OH is 1. The predicted molar refractivity (Wildman–Crippen MR) is 187 cm³/mol. The number of nitrogens with one attached hydrogen (secondary N) is 1. The van der Waals surface area contributed by atoms with Crippen molar-refractivity contribution in [1.29, 1.82) is 0 Å². The minimum Gasteiger partial charge on any atom is -0.455 e. The van der Waals surface area contributed by atoms with Crippen LogP contribution in [0.4, 0.5) is 0 Å².